The third-order valence-corrected chi connectivity index (χ3v) is 8.62. The number of hydrogen-bond acceptors (Lipinski definition) is 9. The summed E-state index contributed by atoms with van der Waals surface area (Å²) < 4.78 is 45.8. The van der Waals surface area contributed by atoms with Crippen LogP contribution in [0.15, 0.2) is 78.9 Å². The van der Waals surface area contributed by atoms with Crippen molar-refractivity contribution < 1.29 is 37.6 Å². The number of benzene rings is 4. The van der Waals surface area contributed by atoms with Crippen LogP contribution in [0.1, 0.15) is 31.9 Å². The van der Waals surface area contributed by atoms with E-state index >= 15 is 0 Å². The fourth-order valence-electron chi connectivity index (χ4n) is 5.06. The number of anilines is 1. The van der Waals surface area contributed by atoms with Gasteiger partial charge >= 0.3 is 6.09 Å². The third-order valence-electron chi connectivity index (χ3n) is 7.55. The third kappa shape index (κ3) is 11.6. The highest BCUT2D eigenvalue weighted by molar-refractivity contribution is 7.21. The molecular formula is C40H45FN2O7S. The Kier molecular flexibility index (Phi) is 13.9. The van der Waals surface area contributed by atoms with Gasteiger partial charge < -0.3 is 28.4 Å². The van der Waals surface area contributed by atoms with E-state index in [4.69, 9.17) is 33.4 Å². The molecule has 1 amide bonds. The summed E-state index contributed by atoms with van der Waals surface area (Å²) in [6, 6.07) is 26.3. The topological polar surface area (TPSA) is 88.6 Å². The summed E-state index contributed by atoms with van der Waals surface area (Å²) in [5.74, 6) is 0.740. The number of amides is 1. The van der Waals surface area contributed by atoms with Crippen molar-refractivity contribution in [3.8, 4) is 16.3 Å². The summed E-state index contributed by atoms with van der Waals surface area (Å²) in [6.07, 6.45) is 3.72. The van der Waals surface area contributed by atoms with Gasteiger partial charge in [0.2, 0.25) is 0 Å². The van der Waals surface area contributed by atoms with Gasteiger partial charge in [0, 0.05) is 18.4 Å². The molecule has 0 aliphatic carbocycles. The van der Waals surface area contributed by atoms with Gasteiger partial charge in [-0.05, 0) is 79.1 Å². The lowest BCUT2D eigenvalue weighted by atomic mass is 10.0. The standard InChI is InChI=1S/C40H45FN2O7S/c1-40(2,3)50-39(44)43(18-20-47-24-23-46-19-17-41)34-14-13-32-25-30(9-12-33(32)26-34)6-5-29-7-10-31(11-8-29)38-42-36-16-15-35(27-37(36)51-38)49-28-48-22-21-45-4/h5-16,25-27H,17-24,28H2,1-4H3/b6-5+. The molecule has 51 heavy (non-hydrogen) atoms. The van der Waals surface area contributed by atoms with Crippen LogP contribution >= 0.6 is 11.3 Å². The maximum atomic E-state index is 13.1. The van der Waals surface area contributed by atoms with Crippen LogP contribution in [0.2, 0.25) is 0 Å². The number of rotatable bonds is 18. The van der Waals surface area contributed by atoms with Crippen LogP contribution in [0.3, 0.4) is 0 Å². The number of halogens is 1. The van der Waals surface area contributed by atoms with Gasteiger partial charge in [-0.15, -0.1) is 11.3 Å². The molecule has 1 heterocycles. The van der Waals surface area contributed by atoms with Gasteiger partial charge in [-0.1, -0.05) is 54.6 Å². The number of carbonyl (C=O) groups is 1. The fraction of sp³-hybridized carbons (Fsp3) is 0.350. The Balaban J connectivity index is 1.22. The predicted molar refractivity (Wildman–Crippen MR) is 202 cm³/mol. The van der Waals surface area contributed by atoms with Gasteiger partial charge in [-0.25, -0.2) is 14.2 Å². The summed E-state index contributed by atoms with van der Waals surface area (Å²) >= 11 is 1.62. The molecule has 0 aliphatic rings. The minimum atomic E-state index is -0.648. The number of carbonyl (C=O) groups excluding carboxylic acids is 1. The predicted octanol–water partition coefficient (Wildman–Crippen LogP) is 9.03. The highest BCUT2D eigenvalue weighted by atomic mass is 32.1. The molecular weight excluding hydrogens is 672 g/mol. The van der Waals surface area contributed by atoms with Crippen molar-refractivity contribution in [2.75, 3.05) is 71.7 Å². The lowest BCUT2D eigenvalue weighted by molar-refractivity contribution is -0.00840. The van der Waals surface area contributed by atoms with Crippen LogP contribution < -0.4 is 9.64 Å². The molecule has 11 heteroatoms. The number of hydrogen-bond donors (Lipinski definition) is 0. The van der Waals surface area contributed by atoms with Crippen LogP contribution in [0.25, 0.3) is 43.7 Å². The number of ether oxygens (including phenoxy) is 6. The van der Waals surface area contributed by atoms with E-state index in [-0.39, 0.29) is 20.0 Å². The fourth-order valence-corrected chi connectivity index (χ4v) is 6.06. The van der Waals surface area contributed by atoms with Crippen LogP contribution in [0.4, 0.5) is 14.9 Å². The van der Waals surface area contributed by atoms with Gasteiger partial charge in [0.1, 0.15) is 23.0 Å². The molecule has 9 nitrogen and oxygen atoms in total. The molecule has 4 aromatic carbocycles. The van der Waals surface area contributed by atoms with Crippen molar-refractivity contribution >= 4 is 56.3 Å². The molecule has 0 N–H and O–H groups in total. The summed E-state index contributed by atoms with van der Waals surface area (Å²) in [4.78, 5) is 19.5. The van der Waals surface area contributed by atoms with Gasteiger partial charge in [0.05, 0.1) is 56.4 Å². The first kappa shape index (κ1) is 37.9. The summed E-state index contributed by atoms with van der Waals surface area (Å²) in [5, 5.41) is 2.98. The van der Waals surface area contributed by atoms with E-state index in [2.05, 4.69) is 48.6 Å². The first-order chi connectivity index (χ1) is 24.7. The van der Waals surface area contributed by atoms with E-state index in [9.17, 15) is 9.18 Å². The zero-order valence-corrected chi connectivity index (χ0v) is 30.4. The van der Waals surface area contributed by atoms with E-state index in [1.165, 1.54) is 0 Å². The monoisotopic (exact) mass is 716 g/mol. The molecule has 0 aliphatic heterocycles. The molecule has 0 atom stereocenters. The average molecular weight is 717 g/mol. The highest BCUT2D eigenvalue weighted by Crippen LogP contribution is 2.33. The van der Waals surface area contributed by atoms with E-state index in [1.807, 2.05) is 63.2 Å². The van der Waals surface area contributed by atoms with E-state index in [1.54, 1.807) is 23.3 Å². The maximum absolute atomic E-state index is 13.1. The molecule has 0 spiro atoms. The Morgan fingerprint density at radius 3 is 2.27 bits per heavy atom. The van der Waals surface area contributed by atoms with E-state index < -0.39 is 18.4 Å². The number of methoxy groups -OCH3 is 1. The maximum Gasteiger partial charge on any atom is 0.414 e. The second kappa shape index (κ2) is 18.7. The van der Waals surface area contributed by atoms with Crippen LogP contribution in [-0.4, -0.2) is 83.4 Å². The van der Waals surface area contributed by atoms with E-state index in [0.29, 0.717) is 38.7 Å². The molecule has 0 radical (unpaired) electrons. The number of alkyl halides is 1. The van der Waals surface area contributed by atoms with Crippen LogP contribution in [0.5, 0.6) is 5.75 Å². The molecule has 0 saturated carbocycles. The van der Waals surface area contributed by atoms with Crippen molar-refractivity contribution in [2.45, 2.75) is 26.4 Å². The van der Waals surface area contributed by atoms with Crippen molar-refractivity contribution in [1.82, 2.24) is 4.98 Å². The van der Waals surface area contributed by atoms with Gasteiger partial charge in [-0.2, -0.15) is 0 Å². The SMILES string of the molecule is COCCOCOc1ccc2nc(-c3ccc(/C=C/c4ccc5cc(N(CCOCCOCCF)C(=O)OC(C)(C)C)ccc5c4)cc3)sc2c1. The van der Waals surface area contributed by atoms with Crippen molar-refractivity contribution in [3.05, 3.63) is 90.0 Å². The summed E-state index contributed by atoms with van der Waals surface area (Å²) in [5.41, 5.74) is 4.17. The normalized spacial score (nSPS) is 11.9. The lowest BCUT2D eigenvalue weighted by Crippen LogP contribution is -2.39. The Morgan fingerprint density at radius 2 is 1.51 bits per heavy atom. The average Bonchev–Trinajstić information content (AvgIpc) is 3.55. The highest BCUT2D eigenvalue weighted by Gasteiger charge is 2.23. The number of aromatic nitrogens is 1. The zero-order valence-electron chi connectivity index (χ0n) is 29.6. The molecule has 0 unspecified atom stereocenters. The van der Waals surface area contributed by atoms with Gasteiger partial charge in [0.25, 0.3) is 0 Å². The first-order valence-electron chi connectivity index (χ1n) is 16.9. The van der Waals surface area contributed by atoms with Crippen LogP contribution in [-0.2, 0) is 23.7 Å². The van der Waals surface area contributed by atoms with Gasteiger partial charge in [-0.3, -0.25) is 4.90 Å². The minimum Gasteiger partial charge on any atom is -0.468 e. The Hall–Kier alpha value is -4.39. The van der Waals surface area contributed by atoms with Crippen LogP contribution in [0, 0.1) is 0 Å². The lowest BCUT2D eigenvalue weighted by Gasteiger charge is -2.27. The molecule has 0 saturated heterocycles. The second-order valence-electron chi connectivity index (χ2n) is 12.6. The Labute approximate surface area is 302 Å². The Bertz CT molecular complexity index is 1890. The molecule has 1 aromatic heterocycles. The van der Waals surface area contributed by atoms with Crippen molar-refractivity contribution in [1.29, 1.82) is 0 Å². The largest absolute Gasteiger partial charge is 0.468 e. The second-order valence-corrected chi connectivity index (χ2v) is 13.6. The number of fused-ring (bicyclic) bond motifs is 2. The smallest absolute Gasteiger partial charge is 0.414 e. The van der Waals surface area contributed by atoms with E-state index in [0.717, 1.165) is 48.4 Å². The quantitative estimate of drug-likeness (QED) is 0.0505. The summed E-state index contributed by atoms with van der Waals surface area (Å²) in [7, 11) is 1.64. The van der Waals surface area contributed by atoms with Crippen molar-refractivity contribution in [3.63, 3.8) is 0 Å². The first-order valence-corrected chi connectivity index (χ1v) is 17.7. The minimum absolute atomic E-state index is 0.0489. The zero-order chi connectivity index (χ0) is 36.1. The molecule has 0 fully saturated rings. The van der Waals surface area contributed by atoms with Crippen molar-refractivity contribution in [2.24, 2.45) is 0 Å². The van der Waals surface area contributed by atoms with Gasteiger partial charge in [0.15, 0.2) is 6.79 Å². The molecule has 270 valence electrons. The summed E-state index contributed by atoms with van der Waals surface area (Å²) in [6.45, 7) is 7.40. The number of nitrogens with zero attached hydrogens (tertiary/aromatic N) is 2. The number of thiazole rings is 1. The molecule has 5 aromatic rings. The Morgan fingerprint density at radius 1 is 0.804 bits per heavy atom. The molecule has 5 rings (SSSR count). The molecule has 0 bridgehead atoms.